The third kappa shape index (κ3) is 1.10. The van der Waals surface area contributed by atoms with E-state index in [0.29, 0.717) is 5.92 Å². The van der Waals surface area contributed by atoms with Gasteiger partial charge in [-0.25, -0.2) is 0 Å². The molecule has 1 rings (SSSR count). The Morgan fingerprint density at radius 3 is 2.75 bits per heavy atom. The minimum absolute atomic E-state index is 0.0833. The van der Waals surface area contributed by atoms with Crippen LogP contribution >= 0.6 is 0 Å². The van der Waals surface area contributed by atoms with E-state index in [1.807, 2.05) is 6.92 Å². The predicted octanol–water partition coefficient (Wildman–Crippen LogP) is 1.33. The molecule has 0 fully saturated rings. The van der Waals surface area contributed by atoms with Crippen molar-refractivity contribution in [2.45, 2.75) is 25.9 Å². The molecule has 1 nitrogen and oxygen atoms in total. The first-order valence-corrected chi connectivity index (χ1v) is 3.15. The number of aliphatic hydroxyl groups excluding tert-OH is 1. The lowest BCUT2D eigenvalue weighted by Gasteiger charge is -2.17. The van der Waals surface area contributed by atoms with Crippen LogP contribution in [-0.4, -0.2) is 11.2 Å². The fourth-order valence-corrected chi connectivity index (χ4v) is 0.969. The second-order valence-corrected chi connectivity index (χ2v) is 2.43. The maximum Gasteiger partial charge on any atom is 0.0603 e. The van der Waals surface area contributed by atoms with Crippen molar-refractivity contribution in [3.8, 4) is 0 Å². The first-order chi connectivity index (χ1) is 3.80. The Hall–Kier alpha value is -0.300. The monoisotopic (exact) mass is 112 g/mol. The molecule has 0 saturated carbocycles. The lowest BCUT2D eigenvalue weighted by Crippen LogP contribution is -2.17. The maximum atomic E-state index is 9.13. The zero-order chi connectivity index (χ0) is 5.98. The van der Waals surface area contributed by atoms with Crippen LogP contribution in [0.1, 0.15) is 19.8 Å². The average Bonchev–Trinajstić information content (AvgIpc) is 1.77. The van der Waals surface area contributed by atoms with Gasteiger partial charge in [0, 0.05) is 0 Å². The number of hydrogen-bond donors (Lipinski definition) is 1. The summed E-state index contributed by atoms with van der Waals surface area (Å²) in [4.78, 5) is 0. The van der Waals surface area contributed by atoms with Crippen molar-refractivity contribution >= 4 is 0 Å². The Bertz CT molecular complexity index is 96.6. The normalized spacial score (nSPS) is 37.8. The van der Waals surface area contributed by atoms with Crippen molar-refractivity contribution in [2.24, 2.45) is 5.92 Å². The number of allylic oxidation sites excluding steroid dienone is 1. The summed E-state index contributed by atoms with van der Waals surface area (Å²) in [6.45, 7) is 2.04. The molecule has 46 valence electrons. The quantitative estimate of drug-likeness (QED) is 0.469. The lowest BCUT2D eigenvalue weighted by atomic mass is 9.95. The Morgan fingerprint density at radius 1 is 1.62 bits per heavy atom. The molecule has 1 heteroatoms. The van der Waals surface area contributed by atoms with E-state index in [4.69, 9.17) is 5.11 Å². The second-order valence-electron chi connectivity index (χ2n) is 2.43. The van der Waals surface area contributed by atoms with Crippen molar-refractivity contribution in [1.29, 1.82) is 0 Å². The lowest BCUT2D eigenvalue weighted by molar-refractivity contribution is 0.124. The van der Waals surface area contributed by atoms with Gasteiger partial charge in [-0.05, 0) is 18.8 Å². The Kier molecular flexibility index (Phi) is 1.69. The van der Waals surface area contributed by atoms with Crippen LogP contribution in [0.4, 0.5) is 0 Å². The molecule has 0 aliphatic heterocycles. The Labute approximate surface area is 50.0 Å². The standard InChI is InChI=1S/C7H12O/c1-6-4-2-3-5-7(6)8/h2,4,6-8H,3,5H2,1H3/t6-,7-/m0/s1. The molecular formula is C7H12O. The van der Waals surface area contributed by atoms with Crippen LogP contribution in [0.3, 0.4) is 0 Å². The van der Waals surface area contributed by atoms with Crippen LogP contribution in [0.5, 0.6) is 0 Å². The minimum Gasteiger partial charge on any atom is -0.393 e. The van der Waals surface area contributed by atoms with Gasteiger partial charge >= 0.3 is 0 Å². The zero-order valence-corrected chi connectivity index (χ0v) is 5.17. The van der Waals surface area contributed by atoms with Crippen molar-refractivity contribution in [2.75, 3.05) is 0 Å². The van der Waals surface area contributed by atoms with Gasteiger partial charge in [-0.2, -0.15) is 0 Å². The summed E-state index contributed by atoms with van der Waals surface area (Å²) < 4.78 is 0. The first-order valence-electron chi connectivity index (χ1n) is 3.15. The van der Waals surface area contributed by atoms with Crippen LogP contribution in [-0.2, 0) is 0 Å². The molecule has 0 radical (unpaired) electrons. The van der Waals surface area contributed by atoms with Crippen LogP contribution < -0.4 is 0 Å². The fraction of sp³-hybridized carbons (Fsp3) is 0.714. The molecule has 0 saturated heterocycles. The van der Waals surface area contributed by atoms with Crippen molar-refractivity contribution in [3.05, 3.63) is 12.2 Å². The van der Waals surface area contributed by atoms with E-state index in [0.717, 1.165) is 12.8 Å². The number of aliphatic hydroxyl groups is 1. The van der Waals surface area contributed by atoms with Gasteiger partial charge in [0.05, 0.1) is 6.10 Å². The Morgan fingerprint density at radius 2 is 2.38 bits per heavy atom. The molecule has 0 unspecified atom stereocenters. The van der Waals surface area contributed by atoms with Gasteiger partial charge in [-0.1, -0.05) is 19.1 Å². The first kappa shape index (κ1) is 5.83. The summed E-state index contributed by atoms with van der Waals surface area (Å²) in [6.07, 6.45) is 6.12. The van der Waals surface area contributed by atoms with Crippen LogP contribution in [0.15, 0.2) is 12.2 Å². The SMILES string of the molecule is C[C@H]1C=CCC[C@@H]1O. The molecule has 0 heterocycles. The molecule has 0 aromatic rings. The van der Waals surface area contributed by atoms with Gasteiger partial charge in [0.25, 0.3) is 0 Å². The highest BCUT2D eigenvalue weighted by molar-refractivity contribution is 4.94. The molecule has 0 amide bonds. The molecule has 2 atom stereocenters. The molecule has 8 heavy (non-hydrogen) atoms. The van der Waals surface area contributed by atoms with Crippen LogP contribution in [0.2, 0.25) is 0 Å². The summed E-state index contributed by atoms with van der Waals surface area (Å²) in [7, 11) is 0. The third-order valence-electron chi connectivity index (χ3n) is 1.68. The molecule has 1 aliphatic carbocycles. The summed E-state index contributed by atoms with van der Waals surface area (Å²) >= 11 is 0. The molecule has 0 aromatic carbocycles. The van der Waals surface area contributed by atoms with Gasteiger partial charge in [-0.15, -0.1) is 0 Å². The number of rotatable bonds is 0. The van der Waals surface area contributed by atoms with E-state index in [1.54, 1.807) is 0 Å². The van der Waals surface area contributed by atoms with Gasteiger partial charge in [0.2, 0.25) is 0 Å². The summed E-state index contributed by atoms with van der Waals surface area (Å²) in [5, 5.41) is 9.13. The minimum atomic E-state index is -0.0833. The van der Waals surface area contributed by atoms with E-state index in [2.05, 4.69) is 12.2 Å². The van der Waals surface area contributed by atoms with E-state index in [1.165, 1.54) is 0 Å². The third-order valence-corrected chi connectivity index (χ3v) is 1.68. The van der Waals surface area contributed by atoms with E-state index in [9.17, 15) is 0 Å². The van der Waals surface area contributed by atoms with Gasteiger partial charge in [0.15, 0.2) is 0 Å². The largest absolute Gasteiger partial charge is 0.393 e. The van der Waals surface area contributed by atoms with Gasteiger partial charge in [-0.3, -0.25) is 0 Å². The molecular weight excluding hydrogens is 100 g/mol. The van der Waals surface area contributed by atoms with Crippen molar-refractivity contribution in [3.63, 3.8) is 0 Å². The molecule has 0 spiro atoms. The molecule has 1 aliphatic rings. The summed E-state index contributed by atoms with van der Waals surface area (Å²) in [5.74, 6) is 0.378. The molecule has 1 N–H and O–H groups in total. The van der Waals surface area contributed by atoms with E-state index < -0.39 is 0 Å². The van der Waals surface area contributed by atoms with Crippen LogP contribution in [0, 0.1) is 5.92 Å². The van der Waals surface area contributed by atoms with Crippen molar-refractivity contribution < 1.29 is 5.11 Å². The topological polar surface area (TPSA) is 20.2 Å². The highest BCUT2D eigenvalue weighted by atomic mass is 16.3. The highest BCUT2D eigenvalue weighted by Crippen LogP contribution is 2.16. The summed E-state index contributed by atoms with van der Waals surface area (Å²) in [6, 6.07) is 0. The maximum absolute atomic E-state index is 9.13. The second kappa shape index (κ2) is 2.31. The van der Waals surface area contributed by atoms with Gasteiger partial charge in [0.1, 0.15) is 0 Å². The van der Waals surface area contributed by atoms with Crippen molar-refractivity contribution in [1.82, 2.24) is 0 Å². The predicted molar refractivity (Wildman–Crippen MR) is 33.5 cm³/mol. The highest BCUT2D eigenvalue weighted by Gasteiger charge is 2.12. The smallest absolute Gasteiger partial charge is 0.0603 e. The molecule has 0 aromatic heterocycles. The summed E-state index contributed by atoms with van der Waals surface area (Å²) in [5.41, 5.74) is 0. The Balaban J connectivity index is 2.47. The zero-order valence-electron chi connectivity index (χ0n) is 5.17. The molecule has 0 bridgehead atoms. The van der Waals surface area contributed by atoms with E-state index in [-0.39, 0.29) is 6.10 Å². The van der Waals surface area contributed by atoms with E-state index >= 15 is 0 Å². The average molecular weight is 112 g/mol. The number of hydrogen-bond acceptors (Lipinski definition) is 1. The fourth-order valence-electron chi connectivity index (χ4n) is 0.969. The van der Waals surface area contributed by atoms with Crippen LogP contribution in [0.25, 0.3) is 0 Å². The van der Waals surface area contributed by atoms with Gasteiger partial charge < -0.3 is 5.11 Å².